The van der Waals surface area contributed by atoms with Gasteiger partial charge < -0.3 is 10.2 Å². The fourth-order valence-electron chi connectivity index (χ4n) is 1.82. The number of hydrogen-bond acceptors (Lipinski definition) is 4. The lowest BCUT2D eigenvalue weighted by atomic mass is 10.2. The van der Waals surface area contributed by atoms with Crippen LogP contribution in [0.2, 0.25) is 0 Å². The van der Waals surface area contributed by atoms with Crippen LogP contribution in [0.4, 0.5) is 0 Å². The lowest BCUT2D eigenvalue weighted by molar-refractivity contribution is 0.275. The van der Waals surface area contributed by atoms with Crippen LogP contribution in [0.5, 0.6) is 0 Å². The molecule has 2 rings (SSSR count). The number of aliphatic hydroxyl groups excluding tert-OH is 2. The number of halogens is 2. The summed E-state index contributed by atoms with van der Waals surface area (Å²) in [6.45, 7) is 7.94. The van der Waals surface area contributed by atoms with Gasteiger partial charge in [0.25, 0.3) is 0 Å². The summed E-state index contributed by atoms with van der Waals surface area (Å²) < 4.78 is 0. The number of pyridine rings is 2. The van der Waals surface area contributed by atoms with Crippen LogP contribution < -0.4 is 0 Å². The summed E-state index contributed by atoms with van der Waals surface area (Å²) in [5.74, 6) is 0. The molecular weight excluding hydrogens is 323 g/mol. The normalized spacial score (nSPS) is 9.00. The predicted molar refractivity (Wildman–Crippen MR) is 93.8 cm³/mol. The Labute approximate surface area is 144 Å². The first-order valence-electron chi connectivity index (χ1n) is 6.54. The maximum absolute atomic E-state index is 8.75. The van der Waals surface area contributed by atoms with E-state index < -0.39 is 0 Å². The minimum absolute atomic E-state index is 0. The van der Waals surface area contributed by atoms with Gasteiger partial charge in [-0.05, 0) is 49.9 Å². The third-order valence-corrected chi connectivity index (χ3v) is 2.95. The van der Waals surface area contributed by atoms with Crippen molar-refractivity contribution in [2.45, 2.75) is 40.9 Å². The van der Waals surface area contributed by atoms with E-state index in [1.807, 2.05) is 39.8 Å². The summed E-state index contributed by atoms with van der Waals surface area (Å²) >= 11 is 0. The molecule has 0 unspecified atom stereocenters. The maximum Gasteiger partial charge on any atom is 0.0855 e. The van der Waals surface area contributed by atoms with E-state index in [0.29, 0.717) is 0 Å². The highest BCUT2D eigenvalue weighted by Crippen LogP contribution is 2.06. The minimum atomic E-state index is 0. The first-order valence-corrected chi connectivity index (χ1v) is 6.54. The fraction of sp³-hybridized carbons (Fsp3) is 0.375. The van der Waals surface area contributed by atoms with Crippen molar-refractivity contribution >= 4 is 24.8 Å². The Morgan fingerprint density at radius 3 is 1.27 bits per heavy atom. The van der Waals surface area contributed by atoms with Crippen LogP contribution in [0.3, 0.4) is 0 Å². The van der Waals surface area contributed by atoms with Crippen LogP contribution in [0, 0.1) is 27.7 Å². The van der Waals surface area contributed by atoms with Crippen LogP contribution in [0.15, 0.2) is 24.5 Å². The van der Waals surface area contributed by atoms with E-state index in [2.05, 4.69) is 9.97 Å². The Bertz CT molecular complexity index is 527. The van der Waals surface area contributed by atoms with Crippen LogP contribution in [0.25, 0.3) is 0 Å². The van der Waals surface area contributed by atoms with Crippen LogP contribution in [0.1, 0.15) is 33.6 Å². The smallest absolute Gasteiger partial charge is 0.0855 e. The van der Waals surface area contributed by atoms with Crippen LogP contribution >= 0.6 is 24.8 Å². The molecule has 6 heteroatoms. The molecule has 2 N–H and O–H groups in total. The minimum Gasteiger partial charge on any atom is -0.390 e. The molecule has 0 amide bonds. The van der Waals surface area contributed by atoms with E-state index in [1.54, 1.807) is 12.4 Å². The SMILES string of the molecule is Cc1cnc(CO)c(C)c1.Cc1cnc(CO)c(C)c1.Cl.Cl. The van der Waals surface area contributed by atoms with Gasteiger partial charge in [0.2, 0.25) is 0 Å². The average molecular weight is 347 g/mol. The molecule has 0 aromatic carbocycles. The highest BCUT2D eigenvalue weighted by Gasteiger charge is 1.96. The maximum atomic E-state index is 8.75. The monoisotopic (exact) mass is 346 g/mol. The molecule has 124 valence electrons. The van der Waals surface area contributed by atoms with E-state index in [1.165, 1.54) is 0 Å². The third-order valence-electron chi connectivity index (χ3n) is 2.95. The topological polar surface area (TPSA) is 66.2 Å². The molecular formula is C16H24Cl2N2O2. The summed E-state index contributed by atoms with van der Waals surface area (Å²) in [4.78, 5) is 8.09. The van der Waals surface area contributed by atoms with Crippen LogP contribution in [-0.4, -0.2) is 20.2 Å². The van der Waals surface area contributed by atoms with E-state index >= 15 is 0 Å². The van der Waals surface area contributed by atoms with Gasteiger partial charge >= 0.3 is 0 Å². The zero-order valence-electron chi connectivity index (χ0n) is 13.3. The zero-order valence-corrected chi connectivity index (χ0v) is 15.0. The van der Waals surface area contributed by atoms with Gasteiger partial charge in [-0.1, -0.05) is 12.1 Å². The first kappa shape index (κ1) is 23.1. The Kier molecular flexibility index (Phi) is 11.9. The number of aromatic nitrogens is 2. The second-order valence-corrected chi connectivity index (χ2v) is 4.87. The number of aliphatic hydroxyl groups is 2. The van der Waals surface area contributed by atoms with Gasteiger partial charge in [0.15, 0.2) is 0 Å². The lowest BCUT2D eigenvalue weighted by Crippen LogP contribution is -1.93. The molecule has 2 aromatic rings. The molecule has 22 heavy (non-hydrogen) atoms. The average Bonchev–Trinajstić information content (AvgIpc) is 2.40. The Morgan fingerprint density at radius 2 is 1.05 bits per heavy atom. The van der Waals surface area contributed by atoms with E-state index in [-0.39, 0.29) is 38.0 Å². The van der Waals surface area contributed by atoms with E-state index in [4.69, 9.17) is 10.2 Å². The van der Waals surface area contributed by atoms with Crippen molar-refractivity contribution in [2.75, 3.05) is 0 Å². The summed E-state index contributed by atoms with van der Waals surface area (Å²) in [5, 5.41) is 17.5. The Balaban J connectivity index is 0. The van der Waals surface area contributed by atoms with Crippen molar-refractivity contribution in [3.63, 3.8) is 0 Å². The van der Waals surface area contributed by atoms with Gasteiger partial charge in [0.05, 0.1) is 24.6 Å². The molecule has 0 saturated carbocycles. The Morgan fingerprint density at radius 1 is 0.727 bits per heavy atom. The number of hydrogen-bond donors (Lipinski definition) is 2. The molecule has 0 radical (unpaired) electrons. The fourth-order valence-corrected chi connectivity index (χ4v) is 1.82. The number of nitrogens with zero attached hydrogens (tertiary/aromatic N) is 2. The van der Waals surface area contributed by atoms with Crippen molar-refractivity contribution < 1.29 is 10.2 Å². The highest BCUT2D eigenvalue weighted by molar-refractivity contribution is 5.85. The zero-order chi connectivity index (χ0) is 15.1. The molecule has 0 bridgehead atoms. The second-order valence-electron chi connectivity index (χ2n) is 4.87. The molecule has 0 aliphatic heterocycles. The summed E-state index contributed by atoms with van der Waals surface area (Å²) in [7, 11) is 0. The van der Waals surface area contributed by atoms with Gasteiger partial charge in [-0.15, -0.1) is 24.8 Å². The first-order chi connectivity index (χ1) is 9.47. The quantitative estimate of drug-likeness (QED) is 0.875. The predicted octanol–water partition coefficient (Wildman–Crippen LogP) is 3.23. The van der Waals surface area contributed by atoms with E-state index in [9.17, 15) is 0 Å². The molecule has 0 fully saturated rings. The number of rotatable bonds is 2. The van der Waals surface area contributed by atoms with Gasteiger partial charge in [-0.3, -0.25) is 9.97 Å². The molecule has 0 spiro atoms. The van der Waals surface area contributed by atoms with Crippen LogP contribution in [-0.2, 0) is 13.2 Å². The van der Waals surface area contributed by atoms with Crippen molar-refractivity contribution in [3.05, 3.63) is 58.2 Å². The van der Waals surface area contributed by atoms with Gasteiger partial charge in [0.1, 0.15) is 0 Å². The molecule has 0 aliphatic carbocycles. The summed E-state index contributed by atoms with van der Waals surface area (Å²) in [6, 6.07) is 4.02. The third kappa shape index (κ3) is 7.18. The van der Waals surface area contributed by atoms with Crippen molar-refractivity contribution in [3.8, 4) is 0 Å². The van der Waals surface area contributed by atoms with Gasteiger partial charge in [-0.25, -0.2) is 0 Å². The molecule has 2 aromatic heterocycles. The molecule has 2 heterocycles. The second kappa shape index (κ2) is 11.4. The molecule has 4 nitrogen and oxygen atoms in total. The van der Waals surface area contributed by atoms with Crippen molar-refractivity contribution in [1.29, 1.82) is 0 Å². The van der Waals surface area contributed by atoms with Gasteiger partial charge in [-0.2, -0.15) is 0 Å². The molecule has 0 aliphatic rings. The molecule has 0 saturated heterocycles. The van der Waals surface area contributed by atoms with E-state index in [0.717, 1.165) is 33.6 Å². The van der Waals surface area contributed by atoms with Crippen molar-refractivity contribution in [1.82, 2.24) is 9.97 Å². The highest BCUT2D eigenvalue weighted by atomic mass is 35.5. The summed E-state index contributed by atoms with van der Waals surface area (Å²) in [6.07, 6.45) is 3.52. The molecule has 0 atom stereocenters. The standard InChI is InChI=1S/2C8H11NO.2ClH/c2*1-6-3-7(2)8(5-10)9-4-6;;/h2*3-4,10H,5H2,1-2H3;2*1H. The number of aryl methyl sites for hydroxylation is 4. The largest absolute Gasteiger partial charge is 0.390 e. The van der Waals surface area contributed by atoms with Crippen molar-refractivity contribution in [2.24, 2.45) is 0 Å². The summed E-state index contributed by atoms with van der Waals surface area (Å²) in [5.41, 5.74) is 5.92. The Hall–Kier alpha value is -1.20. The lowest BCUT2D eigenvalue weighted by Gasteiger charge is -2.00. The van der Waals surface area contributed by atoms with Gasteiger partial charge in [0, 0.05) is 12.4 Å².